The van der Waals surface area contributed by atoms with E-state index in [1.165, 1.54) is 39.0 Å². The maximum Gasteiger partial charge on any atom is 0.302 e. The molecule has 0 spiro atoms. The van der Waals surface area contributed by atoms with Crippen molar-refractivity contribution in [3.05, 3.63) is 12.2 Å². The smallest absolute Gasteiger partial charge is 0.302 e. The zero-order valence-electron chi connectivity index (χ0n) is 10.9. The third kappa shape index (κ3) is 15.5. The average Bonchev–Trinajstić information content (AvgIpc) is 2.30. The Hall–Kier alpha value is -0.500. The summed E-state index contributed by atoms with van der Waals surface area (Å²) in [5, 5.41) is 0. The van der Waals surface area contributed by atoms with Crippen LogP contribution in [0.4, 0.5) is 0 Å². The van der Waals surface area contributed by atoms with Gasteiger partial charge in [-0.3, -0.25) is 4.79 Å². The van der Waals surface area contributed by atoms with Crippen LogP contribution in [0.15, 0.2) is 12.2 Å². The molecule has 0 atom stereocenters. The number of ether oxygens (including phenoxy) is 1. The van der Waals surface area contributed by atoms with E-state index in [0.29, 0.717) is 6.61 Å². The summed E-state index contributed by atoms with van der Waals surface area (Å²) in [7, 11) is 0. The van der Waals surface area contributed by atoms with Crippen molar-refractivity contribution in [3.8, 4) is 0 Å². The molecule has 0 rings (SSSR count). The number of hydrogen-bond acceptors (Lipinski definition) is 2. The number of carbonyl (C=O) groups excluding carboxylic acids is 1. The van der Waals surface area contributed by atoms with Crippen molar-refractivity contribution in [2.45, 2.75) is 58.3 Å². The minimum Gasteiger partial charge on any atom is -0.466 e. The van der Waals surface area contributed by atoms with Crippen LogP contribution in [-0.2, 0) is 9.53 Å². The Morgan fingerprint density at radius 3 is 2.24 bits per heavy atom. The van der Waals surface area contributed by atoms with Crippen molar-refractivity contribution < 1.29 is 9.53 Å². The molecule has 0 aromatic carbocycles. The molecule has 0 N–H and O–H groups in total. The predicted octanol–water partition coefficient (Wildman–Crippen LogP) is 4.47. The van der Waals surface area contributed by atoms with Crippen molar-refractivity contribution in [1.29, 1.82) is 0 Å². The Morgan fingerprint density at radius 1 is 1.00 bits per heavy atom. The van der Waals surface area contributed by atoms with Crippen molar-refractivity contribution in [1.82, 2.24) is 0 Å². The number of alkyl halides is 1. The first-order chi connectivity index (χ1) is 8.27. The van der Waals surface area contributed by atoms with Crippen molar-refractivity contribution in [2.24, 2.45) is 0 Å². The largest absolute Gasteiger partial charge is 0.466 e. The molecule has 0 saturated heterocycles. The first kappa shape index (κ1) is 16.5. The lowest BCUT2D eigenvalue weighted by Gasteiger charge is -2.01. The summed E-state index contributed by atoms with van der Waals surface area (Å²) < 4.78 is 4.87. The fraction of sp³-hybridized carbons (Fsp3) is 0.786. The Bertz CT molecular complexity index is 202. The molecule has 0 heterocycles. The van der Waals surface area contributed by atoms with E-state index >= 15 is 0 Å². The highest BCUT2D eigenvalue weighted by molar-refractivity contribution is 6.17. The number of halogens is 1. The zero-order valence-corrected chi connectivity index (χ0v) is 11.7. The molecule has 0 saturated carbocycles. The predicted molar refractivity (Wildman–Crippen MR) is 73.4 cm³/mol. The highest BCUT2D eigenvalue weighted by Gasteiger charge is 1.93. The first-order valence-corrected chi connectivity index (χ1v) is 7.15. The van der Waals surface area contributed by atoms with Gasteiger partial charge in [0.15, 0.2) is 0 Å². The molecular weight excluding hydrogens is 236 g/mol. The molecule has 100 valence electrons. The summed E-state index contributed by atoms with van der Waals surface area (Å²) in [5.41, 5.74) is 0. The van der Waals surface area contributed by atoms with E-state index in [1.54, 1.807) is 0 Å². The molecule has 0 amide bonds. The quantitative estimate of drug-likeness (QED) is 0.237. The Labute approximate surface area is 110 Å². The van der Waals surface area contributed by atoms with Gasteiger partial charge in [0.1, 0.15) is 0 Å². The minimum atomic E-state index is -0.172. The SMILES string of the molecule is CC(=O)OCCCCCCCC/C=C\CCCl. The molecule has 3 heteroatoms. The van der Waals surface area contributed by atoms with Gasteiger partial charge in [0.05, 0.1) is 6.61 Å². The van der Waals surface area contributed by atoms with E-state index in [0.717, 1.165) is 25.1 Å². The van der Waals surface area contributed by atoms with Crippen molar-refractivity contribution in [3.63, 3.8) is 0 Å². The maximum atomic E-state index is 10.5. The number of allylic oxidation sites excluding steroid dienone is 2. The van der Waals surface area contributed by atoms with E-state index in [-0.39, 0.29) is 5.97 Å². The van der Waals surface area contributed by atoms with E-state index in [2.05, 4.69) is 12.2 Å². The molecule has 0 aliphatic carbocycles. The molecule has 0 aliphatic heterocycles. The van der Waals surface area contributed by atoms with Crippen molar-refractivity contribution in [2.75, 3.05) is 12.5 Å². The second-order valence-corrected chi connectivity index (χ2v) is 4.58. The van der Waals surface area contributed by atoms with Gasteiger partial charge >= 0.3 is 5.97 Å². The van der Waals surface area contributed by atoms with Crippen LogP contribution < -0.4 is 0 Å². The van der Waals surface area contributed by atoms with Crippen LogP contribution in [0.3, 0.4) is 0 Å². The van der Waals surface area contributed by atoms with Crippen LogP contribution in [0.25, 0.3) is 0 Å². The molecule has 2 nitrogen and oxygen atoms in total. The molecule has 0 fully saturated rings. The fourth-order valence-corrected chi connectivity index (χ4v) is 1.71. The first-order valence-electron chi connectivity index (χ1n) is 6.61. The zero-order chi connectivity index (χ0) is 12.8. The lowest BCUT2D eigenvalue weighted by atomic mass is 10.1. The fourth-order valence-electron chi connectivity index (χ4n) is 1.59. The molecule has 0 unspecified atom stereocenters. The summed E-state index contributed by atoms with van der Waals surface area (Å²) in [6.45, 7) is 2.04. The van der Waals surface area contributed by atoms with Gasteiger partial charge in [-0.05, 0) is 25.7 Å². The van der Waals surface area contributed by atoms with Gasteiger partial charge in [0.25, 0.3) is 0 Å². The van der Waals surface area contributed by atoms with Gasteiger partial charge in [0.2, 0.25) is 0 Å². The molecule has 0 aliphatic rings. The van der Waals surface area contributed by atoms with Gasteiger partial charge in [-0.25, -0.2) is 0 Å². The number of esters is 1. The summed E-state index contributed by atoms with van der Waals surface area (Å²) >= 11 is 5.56. The van der Waals surface area contributed by atoms with Gasteiger partial charge in [-0.1, -0.05) is 37.8 Å². The minimum absolute atomic E-state index is 0.172. The normalized spacial score (nSPS) is 10.9. The second-order valence-electron chi connectivity index (χ2n) is 4.20. The maximum absolute atomic E-state index is 10.5. The van der Waals surface area contributed by atoms with Crippen LogP contribution in [0, 0.1) is 0 Å². The topological polar surface area (TPSA) is 26.3 Å². The Morgan fingerprint density at radius 2 is 1.59 bits per heavy atom. The third-order valence-electron chi connectivity index (χ3n) is 2.51. The third-order valence-corrected chi connectivity index (χ3v) is 2.73. The summed E-state index contributed by atoms with van der Waals surface area (Å²) in [5.74, 6) is 0.549. The molecule has 0 aromatic rings. The molecule has 0 aromatic heterocycles. The molecule has 0 bridgehead atoms. The standard InChI is InChI=1S/C14H25ClO2/c1-14(16)17-13-11-9-7-5-3-2-4-6-8-10-12-15/h6,8H,2-5,7,9-13H2,1H3/b8-6-. The van der Waals surface area contributed by atoms with E-state index < -0.39 is 0 Å². The van der Waals surface area contributed by atoms with Crippen LogP contribution >= 0.6 is 11.6 Å². The van der Waals surface area contributed by atoms with Gasteiger partial charge in [-0.2, -0.15) is 0 Å². The Balaban J connectivity index is 3.01. The van der Waals surface area contributed by atoms with Crippen LogP contribution in [0.5, 0.6) is 0 Å². The van der Waals surface area contributed by atoms with Crippen LogP contribution in [-0.4, -0.2) is 18.5 Å². The number of hydrogen-bond donors (Lipinski definition) is 0. The van der Waals surface area contributed by atoms with Gasteiger partial charge < -0.3 is 4.74 Å². The summed E-state index contributed by atoms with van der Waals surface area (Å²) in [6, 6.07) is 0. The second kappa shape index (κ2) is 13.6. The van der Waals surface area contributed by atoms with Gasteiger partial charge in [-0.15, -0.1) is 11.6 Å². The Kier molecular flexibility index (Phi) is 13.2. The van der Waals surface area contributed by atoms with E-state index in [4.69, 9.17) is 16.3 Å². The number of carbonyl (C=O) groups is 1. The lowest BCUT2D eigenvalue weighted by molar-refractivity contribution is -0.141. The average molecular weight is 261 g/mol. The monoisotopic (exact) mass is 260 g/mol. The highest BCUT2D eigenvalue weighted by atomic mass is 35.5. The molecular formula is C14H25ClO2. The number of unbranched alkanes of at least 4 members (excludes halogenated alkanes) is 6. The molecule has 17 heavy (non-hydrogen) atoms. The van der Waals surface area contributed by atoms with E-state index in [1.807, 2.05) is 0 Å². The highest BCUT2D eigenvalue weighted by Crippen LogP contribution is 2.08. The van der Waals surface area contributed by atoms with E-state index in [9.17, 15) is 4.79 Å². The van der Waals surface area contributed by atoms with Gasteiger partial charge in [0, 0.05) is 12.8 Å². The number of rotatable bonds is 11. The lowest BCUT2D eigenvalue weighted by Crippen LogP contribution is -1.99. The summed E-state index contributed by atoms with van der Waals surface area (Å²) in [6.07, 6.45) is 13.8. The molecule has 0 radical (unpaired) electrons. The van der Waals surface area contributed by atoms with Crippen molar-refractivity contribution >= 4 is 17.6 Å². The van der Waals surface area contributed by atoms with Crippen LogP contribution in [0.2, 0.25) is 0 Å². The summed E-state index contributed by atoms with van der Waals surface area (Å²) in [4.78, 5) is 10.5. The van der Waals surface area contributed by atoms with Crippen LogP contribution in [0.1, 0.15) is 58.3 Å².